The fourth-order valence-electron chi connectivity index (χ4n) is 8.80. The van der Waals surface area contributed by atoms with Crippen LogP contribution in [0.25, 0.3) is 0 Å². The zero-order chi connectivity index (χ0) is 24.9. The zero-order valence-electron chi connectivity index (χ0n) is 21.5. The van der Waals surface area contributed by atoms with Crippen molar-refractivity contribution >= 4 is 11.9 Å². The van der Waals surface area contributed by atoms with Crippen molar-refractivity contribution in [1.29, 1.82) is 0 Å². The van der Waals surface area contributed by atoms with Gasteiger partial charge in [-0.05, 0) is 91.8 Å². The zero-order valence-corrected chi connectivity index (χ0v) is 21.5. The number of rotatable bonds is 6. The Hall–Kier alpha value is -1.46. The van der Waals surface area contributed by atoms with E-state index >= 15 is 0 Å². The predicted octanol–water partition coefficient (Wildman–Crippen LogP) is 6.72. The summed E-state index contributed by atoms with van der Waals surface area (Å²) >= 11 is 0. The van der Waals surface area contributed by atoms with Gasteiger partial charge >= 0.3 is 17.9 Å². The van der Waals surface area contributed by atoms with E-state index < -0.39 is 18.3 Å². The molecule has 4 rings (SSSR count). The van der Waals surface area contributed by atoms with Crippen LogP contribution < -0.4 is 0 Å². The molecule has 0 saturated heterocycles. The van der Waals surface area contributed by atoms with Gasteiger partial charge in [0.2, 0.25) is 0 Å². The lowest BCUT2D eigenvalue weighted by Gasteiger charge is -2.58. The Labute approximate surface area is 203 Å². The second kappa shape index (κ2) is 9.20. The molecule has 8 atom stereocenters. The quantitative estimate of drug-likeness (QED) is 0.313. The summed E-state index contributed by atoms with van der Waals surface area (Å²) in [5.74, 6) is -2.50. The fourth-order valence-corrected chi connectivity index (χ4v) is 8.80. The van der Waals surface area contributed by atoms with Crippen LogP contribution in [0.15, 0.2) is 11.6 Å². The third-order valence-corrected chi connectivity index (χ3v) is 10.5. The Morgan fingerprint density at radius 3 is 2.56 bits per heavy atom. The van der Waals surface area contributed by atoms with E-state index in [2.05, 4.69) is 31.6 Å². The first-order valence-electron chi connectivity index (χ1n) is 13.3. The summed E-state index contributed by atoms with van der Waals surface area (Å²) in [6, 6.07) is 0. The van der Waals surface area contributed by atoms with Gasteiger partial charge in [-0.3, -0.25) is 4.79 Å². The normalized spacial score (nSPS) is 40.3. The first kappa shape index (κ1) is 25.6. The van der Waals surface area contributed by atoms with E-state index in [9.17, 15) is 18.4 Å². The molecule has 0 aromatic rings. The highest BCUT2D eigenvalue weighted by Gasteiger charge is 2.59. The molecule has 0 amide bonds. The molecule has 0 heterocycles. The Bertz CT molecular complexity index is 838. The van der Waals surface area contributed by atoms with Crippen molar-refractivity contribution in [1.82, 2.24) is 0 Å². The summed E-state index contributed by atoms with van der Waals surface area (Å²) < 4.78 is 38.1. The Morgan fingerprint density at radius 2 is 1.88 bits per heavy atom. The number of carbonyl (C=O) groups is 2. The third-order valence-electron chi connectivity index (χ3n) is 10.5. The van der Waals surface area contributed by atoms with Crippen molar-refractivity contribution < 1.29 is 27.8 Å². The van der Waals surface area contributed by atoms with Crippen LogP contribution in [0, 0.1) is 40.4 Å². The lowest BCUT2D eigenvalue weighted by molar-refractivity contribution is -0.170. The van der Waals surface area contributed by atoms with Gasteiger partial charge in [0.25, 0.3) is 0 Å². The van der Waals surface area contributed by atoms with E-state index in [1.807, 2.05) is 0 Å². The maximum atomic E-state index is 14.1. The SMILES string of the molecule is COC(=O)C(F)(F)CC[C@@H](C)[C@H]1CC[C@H]2[C@@H]3CC=C4C[C@@H](OC(C)=O)CC[C@]4(C)[C@H]3CC[C@]12C. The Kier molecular flexibility index (Phi) is 6.94. The summed E-state index contributed by atoms with van der Waals surface area (Å²) in [4.78, 5) is 22.9. The molecule has 0 unspecified atom stereocenters. The lowest BCUT2D eigenvalue weighted by atomic mass is 9.47. The van der Waals surface area contributed by atoms with Gasteiger partial charge in [0.05, 0.1) is 7.11 Å². The van der Waals surface area contributed by atoms with E-state index in [0.717, 1.165) is 45.6 Å². The standard InChI is InChI=1S/C28H42F2O4/c1-17(10-15-28(29,30)25(32)33-5)22-8-9-23-21-7-6-19-16-20(34-18(2)31)11-13-26(19,3)24(21)12-14-27(22,23)4/h6,17,20-24H,7-16H2,1-5H3/t17-,20+,21+,22-,23+,24+,26+,27-/m1/s1. The molecular formula is C28H42F2O4. The van der Waals surface area contributed by atoms with Crippen LogP contribution >= 0.6 is 0 Å². The minimum Gasteiger partial charge on any atom is -0.465 e. The van der Waals surface area contributed by atoms with E-state index in [0.29, 0.717) is 30.1 Å². The van der Waals surface area contributed by atoms with E-state index in [4.69, 9.17) is 4.74 Å². The summed E-state index contributed by atoms with van der Waals surface area (Å²) in [5.41, 5.74) is 1.85. The van der Waals surface area contributed by atoms with Gasteiger partial charge in [-0.25, -0.2) is 4.79 Å². The van der Waals surface area contributed by atoms with Crippen molar-refractivity contribution in [3.8, 4) is 0 Å². The smallest absolute Gasteiger partial charge is 0.376 e. The molecule has 4 nitrogen and oxygen atoms in total. The van der Waals surface area contributed by atoms with Crippen LogP contribution in [0.1, 0.15) is 91.9 Å². The first-order valence-corrected chi connectivity index (χ1v) is 13.3. The van der Waals surface area contributed by atoms with Crippen molar-refractivity contribution in [2.24, 2.45) is 40.4 Å². The van der Waals surface area contributed by atoms with Crippen LogP contribution in [0.2, 0.25) is 0 Å². The van der Waals surface area contributed by atoms with Crippen molar-refractivity contribution in [2.75, 3.05) is 7.11 Å². The number of allylic oxidation sites excluding steroid dienone is 1. The monoisotopic (exact) mass is 480 g/mol. The molecule has 0 aliphatic heterocycles. The second-order valence-electron chi connectivity index (χ2n) is 12.2. The number of hydrogen-bond acceptors (Lipinski definition) is 4. The topological polar surface area (TPSA) is 52.6 Å². The van der Waals surface area contributed by atoms with Gasteiger partial charge in [0.15, 0.2) is 0 Å². The largest absolute Gasteiger partial charge is 0.465 e. The average Bonchev–Trinajstić information content (AvgIpc) is 3.14. The van der Waals surface area contributed by atoms with Crippen molar-refractivity contribution in [3.05, 3.63) is 11.6 Å². The molecule has 3 saturated carbocycles. The van der Waals surface area contributed by atoms with Gasteiger partial charge in [0, 0.05) is 19.8 Å². The van der Waals surface area contributed by atoms with Gasteiger partial charge in [-0.1, -0.05) is 32.4 Å². The second-order valence-corrected chi connectivity index (χ2v) is 12.2. The Morgan fingerprint density at radius 1 is 1.15 bits per heavy atom. The molecule has 3 fully saturated rings. The molecule has 34 heavy (non-hydrogen) atoms. The van der Waals surface area contributed by atoms with Gasteiger partial charge in [-0.15, -0.1) is 0 Å². The van der Waals surface area contributed by atoms with Crippen LogP contribution in [-0.2, 0) is 19.1 Å². The molecule has 4 aliphatic rings. The Balaban J connectivity index is 1.46. The number of ether oxygens (including phenoxy) is 2. The predicted molar refractivity (Wildman–Crippen MR) is 126 cm³/mol. The van der Waals surface area contributed by atoms with Gasteiger partial charge in [0.1, 0.15) is 6.10 Å². The molecule has 0 N–H and O–H groups in total. The van der Waals surface area contributed by atoms with Crippen LogP contribution in [-0.4, -0.2) is 31.1 Å². The molecule has 6 heteroatoms. The molecule has 192 valence electrons. The minimum atomic E-state index is -3.40. The molecule has 0 radical (unpaired) electrons. The number of fused-ring (bicyclic) bond motifs is 5. The summed E-state index contributed by atoms with van der Waals surface area (Å²) in [6.07, 6.45) is 11.0. The summed E-state index contributed by atoms with van der Waals surface area (Å²) in [6.45, 7) is 8.45. The first-order chi connectivity index (χ1) is 15.9. The average molecular weight is 481 g/mol. The van der Waals surface area contributed by atoms with Crippen LogP contribution in [0.3, 0.4) is 0 Å². The third kappa shape index (κ3) is 4.32. The summed E-state index contributed by atoms with van der Waals surface area (Å²) in [5, 5.41) is 0. The molecule has 4 aliphatic carbocycles. The molecule has 0 bridgehead atoms. The maximum absolute atomic E-state index is 14.1. The lowest BCUT2D eigenvalue weighted by Crippen LogP contribution is -2.51. The van der Waals surface area contributed by atoms with E-state index in [1.54, 1.807) is 0 Å². The number of esters is 2. The summed E-state index contributed by atoms with van der Waals surface area (Å²) in [7, 11) is 1.02. The molecule has 0 spiro atoms. The molecular weight excluding hydrogens is 438 g/mol. The number of alkyl halides is 2. The number of methoxy groups -OCH3 is 1. The minimum absolute atomic E-state index is 0.0158. The highest BCUT2D eigenvalue weighted by Crippen LogP contribution is 2.67. The van der Waals surface area contributed by atoms with Crippen molar-refractivity contribution in [2.45, 2.75) is 104 Å². The van der Waals surface area contributed by atoms with E-state index in [1.165, 1.54) is 25.3 Å². The highest BCUT2D eigenvalue weighted by molar-refractivity contribution is 5.77. The molecule has 0 aromatic heterocycles. The molecule has 0 aromatic carbocycles. The van der Waals surface area contributed by atoms with E-state index in [-0.39, 0.29) is 28.8 Å². The van der Waals surface area contributed by atoms with Gasteiger partial charge in [-0.2, -0.15) is 8.78 Å². The van der Waals surface area contributed by atoms with Gasteiger partial charge < -0.3 is 9.47 Å². The highest BCUT2D eigenvalue weighted by atomic mass is 19.3. The number of hydrogen-bond donors (Lipinski definition) is 0. The van der Waals surface area contributed by atoms with Crippen molar-refractivity contribution in [3.63, 3.8) is 0 Å². The fraction of sp³-hybridized carbons (Fsp3) is 0.857. The van der Waals surface area contributed by atoms with Crippen LogP contribution in [0.5, 0.6) is 0 Å². The number of carbonyl (C=O) groups excluding carboxylic acids is 2. The maximum Gasteiger partial charge on any atom is 0.376 e. The number of halogens is 2. The van der Waals surface area contributed by atoms with Crippen LogP contribution in [0.4, 0.5) is 8.78 Å².